The molecule has 178 valence electrons. The molecule has 1 aliphatic rings. The fraction of sp³-hybridized carbons (Fsp3) is 0.152. The zero-order valence-corrected chi connectivity index (χ0v) is 20.4. The predicted octanol–water partition coefficient (Wildman–Crippen LogP) is 7.68. The van der Waals surface area contributed by atoms with Gasteiger partial charge in [-0.1, -0.05) is 48.5 Å². The Hall–Kier alpha value is -4.44. The van der Waals surface area contributed by atoms with Crippen LogP contribution in [0, 0.1) is 0 Å². The molecular weight excluding hydrogens is 454 g/mol. The Morgan fingerprint density at radius 1 is 0.676 bits per heavy atom. The van der Waals surface area contributed by atoms with E-state index in [0.29, 0.717) is 0 Å². The van der Waals surface area contributed by atoms with Crippen LogP contribution in [0.3, 0.4) is 0 Å². The van der Waals surface area contributed by atoms with Crippen molar-refractivity contribution in [3.63, 3.8) is 0 Å². The Bertz CT molecular complexity index is 1960. The van der Waals surface area contributed by atoms with Crippen LogP contribution in [-0.2, 0) is 25.7 Å². The highest BCUT2D eigenvalue weighted by Gasteiger charge is 2.18. The van der Waals surface area contributed by atoms with Gasteiger partial charge in [0.1, 0.15) is 5.58 Å². The lowest BCUT2D eigenvalue weighted by Gasteiger charge is -2.05. The van der Waals surface area contributed by atoms with Gasteiger partial charge in [0.25, 0.3) is 0 Å². The van der Waals surface area contributed by atoms with Crippen molar-refractivity contribution in [2.24, 2.45) is 0 Å². The molecule has 3 aromatic carbocycles. The number of aryl methyl sites for hydroxylation is 2. The maximum absolute atomic E-state index is 6.21. The molecule has 0 aliphatic heterocycles. The third kappa shape index (κ3) is 3.29. The van der Waals surface area contributed by atoms with Crippen LogP contribution >= 0.6 is 0 Å². The number of hydrogen-bond donors (Lipinski definition) is 1. The maximum atomic E-state index is 6.21. The zero-order valence-electron chi connectivity index (χ0n) is 20.4. The van der Waals surface area contributed by atoms with Gasteiger partial charge in [-0.3, -0.25) is 9.97 Å². The van der Waals surface area contributed by atoms with E-state index in [0.717, 1.165) is 41.2 Å². The number of H-pyrrole nitrogens is 1. The van der Waals surface area contributed by atoms with Crippen molar-refractivity contribution in [3.8, 4) is 0 Å². The third-order valence-electron chi connectivity index (χ3n) is 8.00. The largest absolute Gasteiger partial charge is 0.454 e. The predicted molar refractivity (Wildman–Crippen MR) is 149 cm³/mol. The molecule has 7 aromatic rings. The standard InChI is InChI=1S/C33H25N3O/c1-2-5-20(6-3-1)13-23-16-35-19-30-31(23)27-15-21(9-12-29(27)37-30)14-24-17-34-18-28-26-11-10-22-7-4-8-25(22)33(26)36-32(24)28/h1-3,5-6,9-12,15-19,36H,4,7-8,13-14H2. The topological polar surface area (TPSA) is 54.7 Å². The lowest BCUT2D eigenvalue weighted by Crippen LogP contribution is -1.92. The molecule has 0 radical (unpaired) electrons. The number of nitrogens with one attached hydrogen (secondary N) is 1. The lowest BCUT2D eigenvalue weighted by molar-refractivity contribution is 0.666. The minimum absolute atomic E-state index is 0.807. The molecule has 0 spiro atoms. The van der Waals surface area contributed by atoms with E-state index < -0.39 is 0 Å². The van der Waals surface area contributed by atoms with Crippen molar-refractivity contribution in [3.05, 3.63) is 119 Å². The number of nitrogens with zero attached hydrogens (tertiary/aromatic N) is 2. The Kier molecular flexibility index (Phi) is 4.50. The minimum Gasteiger partial charge on any atom is -0.454 e. The summed E-state index contributed by atoms with van der Waals surface area (Å²) in [5.41, 5.74) is 12.2. The van der Waals surface area contributed by atoms with Gasteiger partial charge in [0.05, 0.1) is 17.2 Å². The normalized spacial score (nSPS) is 13.3. The molecular formula is C33H25N3O. The van der Waals surface area contributed by atoms with Crippen LogP contribution < -0.4 is 0 Å². The molecule has 0 fully saturated rings. The van der Waals surface area contributed by atoms with Gasteiger partial charge in [-0.25, -0.2) is 0 Å². The summed E-state index contributed by atoms with van der Waals surface area (Å²) < 4.78 is 6.21. The highest BCUT2D eigenvalue weighted by molar-refractivity contribution is 6.09. The summed E-state index contributed by atoms with van der Waals surface area (Å²) in [5, 5.41) is 4.82. The fourth-order valence-corrected chi connectivity index (χ4v) is 6.27. The second-order valence-corrected chi connectivity index (χ2v) is 10.3. The van der Waals surface area contributed by atoms with Crippen LogP contribution in [0.5, 0.6) is 0 Å². The number of hydrogen-bond acceptors (Lipinski definition) is 3. The molecule has 1 aliphatic carbocycles. The summed E-state index contributed by atoms with van der Waals surface area (Å²) in [6, 6.07) is 21.7. The van der Waals surface area contributed by atoms with Gasteiger partial charge in [0, 0.05) is 46.6 Å². The monoisotopic (exact) mass is 479 g/mol. The molecule has 0 saturated heterocycles. The number of benzene rings is 3. The third-order valence-corrected chi connectivity index (χ3v) is 8.00. The first-order valence-electron chi connectivity index (χ1n) is 13.0. The van der Waals surface area contributed by atoms with Crippen LogP contribution in [0.1, 0.15) is 39.8 Å². The first kappa shape index (κ1) is 20.7. The highest BCUT2D eigenvalue weighted by Crippen LogP contribution is 2.36. The summed E-state index contributed by atoms with van der Waals surface area (Å²) in [4.78, 5) is 12.9. The van der Waals surface area contributed by atoms with Crippen LogP contribution in [0.2, 0.25) is 0 Å². The summed E-state index contributed by atoms with van der Waals surface area (Å²) in [6.45, 7) is 0. The molecule has 8 rings (SSSR count). The second-order valence-electron chi connectivity index (χ2n) is 10.3. The summed E-state index contributed by atoms with van der Waals surface area (Å²) in [6.07, 6.45) is 13.1. The number of aromatic nitrogens is 3. The number of fused-ring (bicyclic) bond motifs is 8. The first-order chi connectivity index (χ1) is 18.3. The van der Waals surface area contributed by atoms with Crippen LogP contribution in [0.15, 0.2) is 89.9 Å². The van der Waals surface area contributed by atoms with Crippen molar-refractivity contribution < 1.29 is 4.42 Å². The summed E-state index contributed by atoms with van der Waals surface area (Å²) >= 11 is 0. The SMILES string of the molecule is c1ccc(Cc2cncc3oc4ccc(Cc5cncc6c5[nH]c5c7c(ccc56)CCC7)cc4c23)cc1. The zero-order chi connectivity index (χ0) is 24.3. The Balaban J connectivity index is 1.24. The Morgan fingerprint density at radius 2 is 1.54 bits per heavy atom. The van der Waals surface area contributed by atoms with Crippen molar-refractivity contribution >= 4 is 43.7 Å². The number of aromatic amines is 1. The van der Waals surface area contributed by atoms with Crippen LogP contribution in [0.4, 0.5) is 0 Å². The van der Waals surface area contributed by atoms with E-state index >= 15 is 0 Å². The molecule has 4 heterocycles. The van der Waals surface area contributed by atoms with Crippen molar-refractivity contribution in [1.82, 2.24) is 15.0 Å². The van der Waals surface area contributed by atoms with Gasteiger partial charge in [0.2, 0.25) is 0 Å². The van der Waals surface area contributed by atoms with Gasteiger partial charge in [0.15, 0.2) is 5.58 Å². The van der Waals surface area contributed by atoms with E-state index in [1.54, 1.807) is 0 Å². The Morgan fingerprint density at radius 3 is 2.49 bits per heavy atom. The first-order valence-corrected chi connectivity index (χ1v) is 13.0. The molecule has 0 saturated carbocycles. The summed E-state index contributed by atoms with van der Waals surface area (Å²) in [7, 11) is 0. The molecule has 37 heavy (non-hydrogen) atoms. The van der Waals surface area contributed by atoms with Crippen molar-refractivity contribution in [1.29, 1.82) is 0 Å². The second kappa shape index (κ2) is 8.04. The number of furan rings is 1. The molecule has 4 aromatic heterocycles. The Labute approximate surface area is 214 Å². The lowest BCUT2D eigenvalue weighted by atomic mass is 9.99. The molecule has 1 N–H and O–H groups in total. The smallest absolute Gasteiger partial charge is 0.153 e. The minimum atomic E-state index is 0.807. The van der Waals surface area contributed by atoms with Crippen LogP contribution in [0.25, 0.3) is 43.7 Å². The maximum Gasteiger partial charge on any atom is 0.153 e. The highest BCUT2D eigenvalue weighted by atomic mass is 16.3. The average Bonchev–Trinajstić information content (AvgIpc) is 3.65. The fourth-order valence-electron chi connectivity index (χ4n) is 6.27. The van der Waals surface area contributed by atoms with Crippen molar-refractivity contribution in [2.45, 2.75) is 32.1 Å². The number of pyridine rings is 2. The number of rotatable bonds is 4. The molecule has 0 bridgehead atoms. The van der Waals surface area contributed by atoms with Gasteiger partial charge < -0.3 is 9.40 Å². The molecule has 0 atom stereocenters. The van der Waals surface area contributed by atoms with Crippen LogP contribution in [-0.4, -0.2) is 15.0 Å². The van der Waals surface area contributed by atoms with Gasteiger partial charge in [-0.05, 0) is 71.2 Å². The van der Waals surface area contributed by atoms with Gasteiger partial charge in [-0.15, -0.1) is 0 Å². The van der Waals surface area contributed by atoms with Gasteiger partial charge >= 0.3 is 0 Å². The van der Waals surface area contributed by atoms with E-state index in [1.165, 1.54) is 68.0 Å². The summed E-state index contributed by atoms with van der Waals surface area (Å²) in [5.74, 6) is 0. The molecule has 4 nitrogen and oxygen atoms in total. The molecule has 4 heteroatoms. The quantitative estimate of drug-likeness (QED) is 0.282. The van der Waals surface area contributed by atoms with E-state index in [-0.39, 0.29) is 0 Å². The van der Waals surface area contributed by atoms with Gasteiger partial charge in [-0.2, -0.15) is 0 Å². The molecule has 0 unspecified atom stereocenters. The van der Waals surface area contributed by atoms with E-state index in [1.807, 2.05) is 24.8 Å². The molecule has 0 amide bonds. The average molecular weight is 480 g/mol. The van der Waals surface area contributed by atoms with Crippen molar-refractivity contribution in [2.75, 3.05) is 0 Å². The van der Waals surface area contributed by atoms with E-state index in [4.69, 9.17) is 4.42 Å². The van der Waals surface area contributed by atoms with E-state index in [9.17, 15) is 0 Å². The van der Waals surface area contributed by atoms with E-state index in [2.05, 4.69) is 75.6 Å².